The molecule has 0 bridgehead atoms. The molecule has 2 rings (SSSR count). The Labute approximate surface area is 90.3 Å². The number of benzene rings is 1. The van der Waals surface area contributed by atoms with Crippen LogP contribution >= 0.6 is 15.9 Å². The van der Waals surface area contributed by atoms with Crippen LogP contribution in [0.25, 0.3) is 10.9 Å². The Morgan fingerprint density at radius 1 is 1.36 bits per heavy atom. The van der Waals surface area contributed by atoms with Crippen LogP contribution in [0, 0.1) is 11.3 Å². The number of hydrogen-bond donors (Lipinski definition) is 0. The molecule has 0 aliphatic heterocycles. The van der Waals surface area contributed by atoms with Crippen LogP contribution < -0.4 is 0 Å². The fourth-order valence-corrected chi connectivity index (χ4v) is 1.79. The van der Waals surface area contributed by atoms with Gasteiger partial charge in [-0.15, -0.1) is 0 Å². The van der Waals surface area contributed by atoms with Crippen LogP contribution in [0.1, 0.15) is 5.56 Å². The van der Waals surface area contributed by atoms with Gasteiger partial charge in [0.25, 0.3) is 0 Å². The normalized spacial score (nSPS) is 10.0. The molecule has 2 aromatic rings. The van der Waals surface area contributed by atoms with Crippen LogP contribution in [0.2, 0.25) is 0 Å². The smallest absolute Gasteiger partial charge is 0.111 e. The average molecular weight is 247 g/mol. The number of pyridine rings is 1. The van der Waals surface area contributed by atoms with Gasteiger partial charge in [0, 0.05) is 5.39 Å². The molecule has 0 atom stereocenters. The van der Waals surface area contributed by atoms with E-state index in [0.717, 1.165) is 21.1 Å². The van der Waals surface area contributed by atoms with E-state index in [2.05, 4.69) is 27.0 Å². The number of para-hydroxylation sites is 1. The highest BCUT2D eigenvalue weighted by Crippen LogP contribution is 2.20. The third-order valence-electron chi connectivity index (χ3n) is 2.02. The molecule has 0 spiro atoms. The van der Waals surface area contributed by atoms with Crippen LogP contribution in [0.3, 0.4) is 0 Å². The van der Waals surface area contributed by atoms with Gasteiger partial charge in [-0.3, -0.25) is 0 Å². The van der Waals surface area contributed by atoms with Crippen LogP contribution in [-0.2, 0) is 6.42 Å². The monoisotopic (exact) mass is 246 g/mol. The highest BCUT2D eigenvalue weighted by atomic mass is 79.9. The molecule has 0 aliphatic carbocycles. The second-order valence-corrected chi connectivity index (χ2v) is 3.72. The first-order chi connectivity index (χ1) is 6.81. The Bertz CT molecular complexity index is 514. The van der Waals surface area contributed by atoms with Crippen molar-refractivity contribution in [3.05, 3.63) is 40.5 Å². The molecule has 0 saturated heterocycles. The summed E-state index contributed by atoms with van der Waals surface area (Å²) in [5.74, 6) is 0. The Balaban J connectivity index is 2.66. The molecule has 0 radical (unpaired) electrons. The largest absolute Gasteiger partial charge is 0.241 e. The molecule has 1 heterocycles. The van der Waals surface area contributed by atoms with E-state index in [-0.39, 0.29) is 0 Å². The zero-order valence-corrected chi connectivity index (χ0v) is 8.95. The lowest BCUT2D eigenvalue weighted by atomic mass is 10.1. The fraction of sp³-hybridized carbons (Fsp3) is 0.0909. The van der Waals surface area contributed by atoms with E-state index >= 15 is 0 Å². The van der Waals surface area contributed by atoms with E-state index in [1.54, 1.807) is 0 Å². The van der Waals surface area contributed by atoms with Crippen molar-refractivity contribution in [2.24, 2.45) is 0 Å². The summed E-state index contributed by atoms with van der Waals surface area (Å²) >= 11 is 3.36. The van der Waals surface area contributed by atoms with Crippen LogP contribution in [0.15, 0.2) is 34.9 Å². The van der Waals surface area contributed by atoms with E-state index in [1.807, 2.05) is 30.3 Å². The molecule has 68 valence electrons. The second kappa shape index (κ2) is 3.77. The van der Waals surface area contributed by atoms with E-state index in [9.17, 15) is 0 Å². The summed E-state index contributed by atoms with van der Waals surface area (Å²) < 4.78 is 0.762. The maximum Gasteiger partial charge on any atom is 0.111 e. The first-order valence-electron chi connectivity index (χ1n) is 4.22. The molecule has 0 aliphatic rings. The van der Waals surface area contributed by atoms with Gasteiger partial charge >= 0.3 is 0 Å². The van der Waals surface area contributed by atoms with Gasteiger partial charge < -0.3 is 0 Å². The second-order valence-electron chi connectivity index (χ2n) is 2.97. The van der Waals surface area contributed by atoms with Gasteiger partial charge in [0.05, 0.1) is 18.0 Å². The van der Waals surface area contributed by atoms with Crippen LogP contribution in [0.4, 0.5) is 0 Å². The number of nitrogens with zero attached hydrogens (tertiary/aromatic N) is 2. The molecule has 3 heteroatoms. The number of rotatable bonds is 1. The third kappa shape index (κ3) is 1.61. The van der Waals surface area contributed by atoms with Crippen molar-refractivity contribution in [2.45, 2.75) is 6.42 Å². The van der Waals surface area contributed by atoms with E-state index in [1.165, 1.54) is 0 Å². The fourth-order valence-electron chi connectivity index (χ4n) is 1.35. The van der Waals surface area contributed by atoms with Gasteiger partial charge in [0.15, 0.2) is 0 Å². The molecule has 0 amide bonds. The molecule has 0 fully saturated rings. The quantitative estimate of drug-likeness (QED) is 0.726. The minimum atomic E-state index is 0.387. The number of halogens is 1. The van der Waals surface area contributed by atoms with Gasteiger partial charge in [-0.2, -0.15) is 5.26 Å². The molecule has 0 N–H and O–H groups in total. The lowest BCUT2D eigenvalue weighted by molar-refractivity contribution is 1.19. The lowest BCUT2D eigenvalue weighted by Crippen LogP contribution is -1.88. The number of nitriles is 1. The van der Waals surface area contributed by atoms with Crippen molar-refractivity contribution >= 4 is 26.8 Å². The highest BCUT2D eigenvalue weighted by Gasteiger charge is 2.02. The SMILES string of the molecule is N#CCc1cc2ccccc2nc1Br. The standard InChI is InChI=1S/C11H7BrN2/c12-11-9(5-6-13)7-8-3-1-2-4-10(8)14-11/h1-4,7H,5H2. The number of hydrogen-bond acceptors (Lipinski definition) is 2. The Hall–Kier alpha value is -1.40. The van der Waals surface area contributed by atoms with E-state index in [0.29, 0.717) is 6.42 Å². The first-order valence-corrected chi connectivity index (χ1v) is 5.01. The summed E-state index contributed by atoms with van der Waals surface area (Å²) in [5.41, 5.74) is 1.88. The van der Waals surface area contributed by atoms with Crippen LogP contribution in [-0.4, -0.2) is 4.98 Å². The van der Waals surface area contributed by atoms with Gasteiger partial charge in [-0.05, 0) is 33.6 Å². The maximum atomic E-state index is 8.62. The zero-order valence-electron chi connectivity index (χ0n) is 7.37. The summed E-state index contributed by atoms with van der Waals surface area (Å²) in [6.45, 7) is 0. The number of fused-ring (bicyclic) bond motifs is 1. The summed E-state index contributed by atoms with van der Waals surface area (Å²) in [7, 11) is 0. The average Bonchev–Trinajstić information content (AvgIpc) is 2.19. The Morgan fingerprint density at radius 3 is 2.93 bits per heavy atom. The molecule has 1 aromatic carbocycles. The molecular weight excluding hydrogens is 240 g/mol. The van der Waals surface area contributed by atoms with Crippen molar-refractivity contribution in [2.75, 3.05) is 0 Å². The molecule has 14 heavy (non-hydrogen) atoms. The molecular formula is C11H7BrN2. The van der Waals surface area contributed by atoms with E-state index < -0.39 is 0 Å². The van der Waals surface area contributed by atoms with Gasteiger partial charge in [0.1, 0.15) is 4.60 Å². The van der Waals surface area contributed by atoms with Crippen molar-refractivity contribution in [3.8, 4) is 6.07 Å². The molecule has 0 unspecified atom stereocenters. The third-order valence-corrected chi connectivity index (χ3v) is 2.71. The van der Waals surface area contributed by atoms with Crippen molar-refractivity contribution in [1.29, 1.82) is 5.26 Å². The molecule has 2 nitrogen and oxygen atoms in total. The topological polar surface area (TPSA) is 36.7 Å². The molecule has 1 aromatic heterocycles. The van der Waals surface area contributed by atoms with Gasteiger partial charge in [-0.1, -0.05) is 18.2 Å². The Kier molecular flexibility index (Phi) is 2.47. The summed E-state index contributed by atoms with van der Waals surface area (Å²) in [4.78, 5) is 4.36. The van der Waals surface area contributed by atoms with Gasteiger partial charge in [0.2, 0.25) is 0 Å². The van der Waals surface area contributed by atoms with Crippen molar-refractivity contribution < 1.29 is 0 Å². The number of aromatic nitrogens is 1. The van der Waals surface area contributed by atoms with E-state index in [4.69, 9.17) is 5.26 Å². The first kappa shape index (κ1) is 9.17. The predicted octanol–water partition coefficient (Wildman–Crippen LogP) is 3.06. The van der Waals surface area contributed by atoms with Crippen LogP contribution in [0.5, 0.6) is 0 Å². The zero-order chi connectivity index (χ0) is 9.97. The summed E-state index contributed by atoms with van der Waals surface area (Å²) in [5, 5.41) is 9.69. The molecule has 0 saturated carbocycles. The van der Waals surface area contributed by atoms with Crippen molar-refractivity contribution in [3.63, 3.8) is 0 Å². The van der Waals surface area contributed by atoms with Gasteiger partial charge in [-0.25, -0.2) is 4.98 Å². The highest BCUT2D eigenvalue weighted by molar-refractivity contribution is 9.10. The minimum Gasteiger partial charge on any atom is -0.241 e. The summed E-state index contributed by atoms with van der Waals surface area (Å²) in [6.07, 6.45) is 0.387. The Morgan fingerprint density at radius 2 is 2.14 bits per heavy atom. The maximum absolute atomic E-state index is 8.62. The van der Waals surface area contributed by atoms with Crippen molar-refractivity contribution in [1.82, 2.24) is 4.98 Å². The minimum absolute atomic E-state index is 0.387. The lowest BCUT2D eigenvalue weighted by Gasteiger charge is -2.01. The predicted molar refractivity (Wildman–Crippen MR) is 58.8 cm³/mol. The summed E-state index contributed by atoms with van der Waals surface area (Å²) in [6, 6.07) is 12.0.